The highest BCUT2D eigenvalue weighted by molar-refractivity contribution is 5.14. The van der Waals surface area contributed by atoms with E-state index in [0.29, 0.717) is 5.75 Å². The van der Waals surface area contributed by atoms with Crippen molar-refractivity contribution in [1.29, 1.82) is 0 Å². The van der Waals surface area contributed by atoms with Gasteiger partial charge in [0.25, 0.3) is 0 Å². The summed E-state index contributed by atoms with van der Waals surface area (Å²) in [6, 6.07) is 13.9. The zero-order chi connectivity index (χ0) is 10.5. The van der Waals surface area contributed by atoms with Crippen LogP contribution in [0.3, 0.4) is 0 Å². The van der Waals surface area contributed by atoms with E-state index in [1.165, 1.54) is 5.56 Å². The van der Waals surface area contributed by atoms with Crippen molar-refractivity contribution in [3.05, 3.63) is 60.4 Å². The predicted octanol–water partition coefficient (Wildman–Crippen LogP) is 1.92. The van der Waals surface area contributed by atoms with Crippen LogP contribution >= 0.6 is 0 Å². The van der Waals surface area contributed by atoms with Crippen LogP contribution in [0, 0.1) is 0 Å². The Hall–Kier alpha value is -1.83. The van der Waals surface area contributed by atoms with Crippen molar-refractivity contribution in [3.63, 3.8) is 0 Å². The molecule has 1 aromatic carbocycles. The molecular weight excluding hydrogens is 186 g/mol. The second kappa shape index (κ2) is 4.60. The summed E-state index contributed by atoms with van der Waals surface area (Å²) >= 11 is 0. The van der Waals surface area contributed by atoms with E-state index in [1.807, 2.05) is 35.0 Å². The second-order valence-corrected chi connectivity index (χ2v) is 3.54. The highest BCUT2D eigenvalue weighted by Crippen LogP contribution is 2.02. The molecule has 0 aliphatic rings. The van der Waals surface area contributed by atoms with Gasteiger partial charge in [-0.15, -0.1) is 0 Å². The Labute approximate surface area is 89.4 Å². The van der Waals surface area contributed by atoms with Gasteiger partial charge in [-0.2, -0.15) is 0 Å². The van der Waals surface area contributed by atoms with Crippen LogP contribution < -0.4 is 4.57 Å². The van der Waals surface area contributed by atoms with Gasteiger partial charge in [-0.05, 0) is 11.6 Å². The van der Waals surface area contributed by atoms with Gasteiger partial charge >= 0.3 is 0 Å². The molecule has 1 aromatic heterocycles. The van der Waals surface area contributed by atoms with Gasteiger partial charge in [0.05, 0.1) is 0 Å². The van der Waals surface area contributed by atoms with Crippen molar-refractivity contribution in [2.75, 3.05) is 0 Å². The molecule has 0 saturated carbocycles. The maximum absolute atomic E-state index is 9.29. The van der Waals surface area contributed by atoms with Gasteiger partial charge in [-0.25, -0.2) is 4.57 Å². The SMILES string of the molecule is Oc1ccc[n+](CCc2ccccc2)c1. The van der Waals surface area contributed by atoms with Gasteiger partial charge in [0.2, 0.25) is 6.20 Å². The first-order valence-corrected chi connectivity index (χ1v) is 5.06. The van der Waals surface area contributed by atoms with E-state index in [0.717, 1.165) is 13.0 Å². The summed E-state index contributed by atoms with van der Waals surface area (Å²) in [6.45, 7) is 0.887. The predicted molar refractivity (Wildman–Crippen MR) is 58.4 cm³/mol. The van der Waals surface area contributed by atoms with E-state index in [9.17, 15) is 5.11 Å². The van der Waals surface area contributed by atoms with Crippen LogP contribution in [-0.4, -0.2) is 5.11 Å². The highest BCUT2D eigenvalue weighted by Gasteiger charge is 2.01. The summed E-state index contributed by atoms with van der Waals surface area (Å²) in [5, 5.41) is 9.29. The lowest BCUT2D eigenvalue weighted by molar-refractivity contribution is -0.696. The van der Waals surface area contributed by atoms with Gasteiger partial charge in [0.1, 0.15) is 0 Å². The Kier molecular flexibility index (Phi) is 2.98. The molecule has 2 nitrogen and oxygen atoms in total. The number of hydrogen-bond donors (Lipinski definition) is 1. The van der Waals surface area contributed by atoms with Crippen LogP contribution in [0.4, 0.5) is 0 Å². The van der Waals surface area contributed by atoms with E-state index in [2.05, 4.69) is 12.1 Å². The van der Waals surface area contributed by atoms with Crippen molar-refractivity contribution >= 4 is 0 Å². The van der Waals surface area contributed by atoms with E-state index in [-0.39, 0.29) is 0 Å². The zero-order valence-corrected chi connectivity index (χ0v) is 8.50. The van der Waals surface area contributed by atoms with E-state index >= 15 is 0 Å². The van der Waals surface area contributed by atoms with Crippen LogP contribution in [0.25, 0.3) is 0 Å². The van der Waals surface area contributed by atoms with Crippen LogP contribution in [0.15, 0.2) is 54.9 Å². The number of hydrogen-bond acceptors (Lipinski definition) is 1. The van der Waals surface area contributed by atoms with Gasteiger partial charge in [0, 0.05) is 12.5 Å². The fraction of sp³-hybridized carbons (Fsp3) is 0.154. The standard InChI is InChI=1S/C13H13NO/c15-13-7-4-9-14(11-13)10-8-12-5-2-1-3-6-12/h1-7,9,11H,8,10H2/p+1. The zero-order valence-electron chi connectivity index (χ0n) is 8.50. The molecule has 2 aromatic rings. The number of aryl methyl sites for hydroxylation is 2. The highest BCUT2D eigenvalue weighted by atomic mass is 16.3. The van der Waals surface area contributed by atoms with E-state index < -0.39 is 0 Å². The Morgan fingerprint density at radius 2 is 1.80 bits per heavy atom. The Balaban J connectivity index is 1.99. The molecule has 0 fully saturated rings. The molecule has 76 valence electrons. The molecule has 0 bridgehead atoms. The lowest BCUT2D eigenvalue weighted by Gasteiger charge is -1.98. The molecule has 1 N–H and O–H groups in total. The average molecular weight is 200 g/mol. The summed E-state index contributed by atoms with van der Waals surface area (Å²) in [5.74, 6) is 0.311. The first-order valence-electron chi connectivity index (χ1n) is 5.06. The van der Waals surface area contributed by atoms with Crippen molar-refractivity contribution in [1.82, 2.24) is 0 Å². The van der Waals surface area contributed by atoms with Crippen LogP contribution in [0.5, 0.6) is 5.75 Å². The number of pyridine rings is 1. The number of rotatable bonds is 3. The summed E-state index contributed by atoms with van der Waals surface area (Å²) in [4.78, 5) is 0. The maximum atomic E-state index is 9.29. The minimum absolute atomic E-state index is 0.311. The minimum atomic E-state index is 0.311. The molecule has 0 amide bonds. The molecule has 0 aliphatic carbocycles. The number of aromatic nitrogens is 1. The third-order valence-electron chi connectivity index (χ3n) is 2.34. The monoisotopic (exact) mass is 200 g/mol. The third-order valence-corrected chi connectivity index (χ3v) is 2.34. The van der Waals surface area contributed by atoms with Crippen LogP contribution in [-0.2, 0) is 13.0 Å². The first kappa shape index (κ1) is 9.71. The van der Waals surface area contributed by atoms with Gasteiger partial charge < -0.3 is 5.11 Å². The lowest BCUT2D eigenvalue weighted by Crippen LogP contribution is -2.33. The van der Waals surface area contributed by atoms with Crippen LogP contribution in [0.1, 0.15) is 5.56 Å². The molecule has 1 heterocycles. The van der Waals surface area contributed by atoms with E-state index in [1.54, 1.807) is 12.3 Å². The molecule has 2 heteroatoms. The smallest absolute Gasteiger partial charge is 0.210 e. The molecule has 2 rings (SSSR count). The van der Waals surface area contributed by atoms with E-state index in [4.69, 9.17) is 0 Å². The van der Waals surface area contributed by atoms with Gasteiger partial charge in [0.15, 0.2) is 18.5 Å². The quantitative estimate of drug-likeness (QED) is 0.752. The minimum Gasteiger partial charge on any atom is -0.503 e. The largest absolute Gasteiger partial charge is 0.503 e. The molecule has 0 unspecified atom stereocenters. The molecule has 0 saturated heterocycles. The fourth-order valence-electron chi connectivity index (χ4n) is 1.55. The molecule has 0 atom stereocenters. The average Bonchev–Trinajstić information content (AvgIpc) is 2.28. The molecule has 0 radical (unpaired) electrons. The first-order chi connectivity index (χ1) is 7.34. The molecule has 0 aliphatic heterocycles. The fourth-order valence-corrected chi connectivity index (χ4v) is 1.55. The van der Waals surface area contributed by atoms with Crippen molar-refractivity contribution in [3.8, 4) is 5.75 Å². The summed E-state index contributed by atoms with van der Waals surface area (Å²) in [5.41, 5.74) is 1.31. The second-order valence-electron chi connectivity index (χ2n) is 3.54. The normalized spacial score (nSPS) is 10.1. The summed E-state index contributed by atoms with van der Waals surface area (Å²) in [6.07, 6.45) is 4.68. The molecule has 15 heavy (non-hydrogen) atoms. The van der Waals surface area contributed by atoms with Crippen molar-refractivity contribution in [2.45, 2.75) is 13.0 Å². The Morgan fingerprint density at radius 1 is 1.00 bits per heavy atom. The molecule has 0 spiro atoms. The van der Waals surface area contributed by atoms with Crippen LogP contribution in [0.2, 0.25) is 0 Å². The topological polar surface area (TPSA) is 24.1 Å². The Bertz CT molecular complexity index is 426. The number of benzene rings is 1. The maximum Gasteiger partial charge on any atom is 0.210 e. The van der Waals surface area contributed by atoms with Gasteiger partial charge in [-0.1, -0.05) is 30.3 Å². The third kappa shape index (κ3) is 2.81. The molecular formula is C13H14NO+. The summed E-state index contributed by atoms with van der Waals surface area (Å²) in [7, 11) is 0. The van der Waals surface area contributed by atoms with Crippen molar-refractivity contribution < 1.29 is 9.67 Å². The van der Waals surface area contributed by atoms with Crippen molar-refractivity contribution in [2.24, 2.45) is 0 Å². The lowest BCUT2D eigenvalue weighted by atomic mass is 10.1. The number of aromatic hydroxyl groups is 1. The summed E-state index contributed by atoms with van der Waals surface area (Å²) < 4.78 is 1.99. The van der Waals surface area contributed by atoms with Gasteiger partial charge in [-0.3, -0.25) is 0 Å². The Morgan fingerprint density at radius 3 is 2.53 bits per heavy atom. The number of nitrogens with zero attached hydrogens (tertiary/aromatic N) is 1.